The van der Waals surface area contributed by atoms with Gasteiger partial charge in [0, 0.05) is 5.54 Å². The van der Waals surface area contributed by atoms with Crippen molar-refractivity contribution in [2.24, 2.45) is 0 Å². The van der Waals surface area contributed by atoms with Gasteiger partial charge in [-0.25, -0.2) is 9.59 Å². The Labute approximate surface area is 112 Å². The lowest BCUT2D eigenvalue weighted by atomic mass is 10.1. The van der Waals surface area contributed by atoms with E-state index in [1.807, 2.05) is 0 Å². The molecule has 0 bridgehead atoms. The number of rotatable bonds is 5. The molecule has 0 aromatic rings. The lowest BCUT2D eigenvalue weighted by Gasteiger charge is -2.35. The van der Waals surface area contributed by atoms with E-state index in [-0.39, 0.29) is 0 Å². The topological polar surface area (TPSA) is 95.9 Å². The number of nitrogens with one attached hydrogen (secondary N) is 1. The maximum absolute atomic E-state index is 12.1. The van der Waals surface area contributed by atoms with Gasteiger partial charge < -0.3 is 20.1 Å². The minimum absolute atomic E-state index is 0.365. The average Bonchev–Trinajstić information content (AvgIpc) is 2.30. The van der Waals surface area contributed by atoms with E-state index in [0.29, 0.717) is 6.42 Å². The lowest BCUT2D eigenvalue weighted by Crippen LogP contribution is -2.55. The molecule has 0 aromatic carbocycles. The van der Waals surface area contributed by atoms with Crippen LogP contribution >= 0.6 is 0 Å². The second kappa shape index (κ2) is 6.96. The highest BCUT2D eigenvalue weighted by atomic mass is 16.5. The number of ether oxygens (including phenoxy) is 1. The molecule has 7 nitrogen and oxygen atoms in total. The van der Waals surface area contributed by atoms with Crippen LogP contribution in [0.4, 0.5) is 4.79 Å². The number of urea groups is 1. The van der Waals surface area contributed by atoms with E-state index in [0.717, 1.165) is 4.90 Å². The van der Waals surface area contributed by atoms with Crippen molar-refractivity contribution < 1.29 is 24.2 Å². The summed E-state index contributed by atoms with van der Waals surface area (Å²) in [7, 11) is 1.23. The standard InChI is InChI=1S/C12H22N2O5/c1-6-8(10(17)19-5)13-11(18)14(7-9(15)16)12(2,3)4/h8H,6-7H2,1-5H3,(H,13,18)(H,15,16). The van der Waals surface area contributed by atoms with Crippen molar-refractivity contribution in [3.05, 3.63) is 0 Å². The zero-order chi connectivity index (χ0) is 15.2. The second-order valence-electron chi connectivity index (χ2n) is 5.08. The summed E-state index contributed by atoms with van der Waals surface area (Å²) in [6.45, 7) is 6.44. The van der Waals surface area contributed by atoms with Crippen molar-refractivity contribution in [1.29, 1.82) is 0 Å². The van der Waals surface area contributed by atoms with Gasteiger partial charge in [0.25, 0.3) is 0 Å². The predicted octanol–water partition coefficient (Wildman–Crippen LogP) is 0.833. The third-order valence-corrected chi connectivity index (χ3v) is 2.54. The number of carbonyl (C=O) groups excluding carboxylic acids is 2. The number of methoxy groups -OCH3 is 1. The maximum atomic E-state index is 12.1. The highest BCUT2D eigenvalue weighted by Crippen LogP contribution is 2.13. The van der Waals surface area contributed by atoms with Gasteiger partial charge in [-0.15, -0.1) is 0 Å². The number of carbonyl (C=O) groups is 3. The van der Waals surface area contributed by atoms with E-state index in [1.165, 1.54) is 7.11 Å². The van der Waals surface area contributed by atoms with Crippen LogP contribution in [0.5, 0.6) is 0 Å². The number of carboxylic acids is 1. The molecular formula is C12H22N2O5. The molecule has 0 rings (SSSR count). The fourth-order valence-corrected chi connectivity index (χ4v) is 1.45. The number of carboxylic acid groups (broad SMARTS) is 1. The van der Waals surface area contributed by atoms with Gasteiger partial charge in [-0.2, -0.15) is 0 Å². The largest absolute Gasteiger partial charge is 0.480 e. The first-order chi connectivity index (χ1) is 8.63. The van der Waals surface area contributed by atoms with E-state index in [2.05, 4.69) is 10.1 Å². The van der Waals surface area contributed by atoms with E-state index in [9.17, 15) is 14.4 Å². The van der Waals surface area contributed by atoms with Crippen LogP contribution in [0.2, 0.25) is 0 Å². The third kappa shape index (κ3) is 5.58. The normalized spacial score (nSPS) is 12.5. The lowest BCUT2D eigenvalue weighted by molar-refractivity contribution is -0.143. The smallest absolute Gasteiger partial charge is 0.328 e. The molecule has 19 heavy (non-hydrogen) atoms. The molecule has 2 amide bonds. The summed E-state index contributed by atoms with van der Waals surface area (Å²) in [5, 5.41) is 11.3. The maximum Gasteiger partial charge on any atom is 0.328 e. The van der Waals surface area contributed by atoms with Crippen molar-refractivity contribution in [1.82, 2.24) is 10.2 Å². The van der Waals surface area contributed by atoms with E-state index < -0.39 is 36.1 Å². The first kappa shape index (κ1) is 17.2. The fourth-order valence-electron chi connectivity index (χ4n) is 1.45. The van der Waals surface area contributed by atoms with Gasteiger partial charge in [0.2, 0.25) is 0 Å². The van der Waals surface area contributed by atoms with Gasteiger partial charge in [0.1, 0.15) is 12.6 Å². The zero-order valence-electron chi connectivity index (χ0n) is 12.0. The molecule has 7 heteroatoms. The highest BCUT2D eigenvalue weighted by molar-refractivity contribution is 5.85. The monoisotopic (exact) mass is 274 g/mol. The Morgan fingerprint density at radius 3 is 2.16 bits per heavy atom. The molecule has 0 saturated carbocycles. The molecule has 110 valence electrons. The quantitative estimate of drug-likeness (QED) is 0.724. The van der Waals surface area contributed by atoms with Crippen molar-refractivity contribution in [3.63, 3.8) is 0 Å². The molecule has 0 radical (unpaired) electrons. The molecular weight excluding hydrogens is 252 g/mol. The molecule has 0 heterocycles. The third-order valence-electron chi connectivity index (χ3n) is 2.54. The molecule has 1 unspecified atom stereocenters. The summed E-state index contributed by atoms with van der Waals surface area (Å²) < 4.78 is 4.56. The molecule has 0 aliphatic carbocycles. The van der Waals surface area contributed by atoms with Crippen molar-refractivity contribution in [3.8, 4) is 0 Å². The fraction of sp³-hybridized carbons (Fsp3) is 0.750. The Bertz CT molecular complexity index is 349. The van der Waals surface area contributed by atoms with Gasteiger partial charge in [-0.1, -0.05) is 6.92 Å². The van der Waals surface area contributed by atoms with Gasteiger partial charge in [-0.05, 0) is 27.2 Å². The first-order valence-corrected chi connectivity index (χ1v) is 6.01. The molecule has 2 N–H and O–H groups in total. The Morgan fingerprint density at radius 2 is 1.84 bits per heavy atom. The summed E-state index contributed by atoms with van der Waals surface area (Å²) in [4.78, 5) is 35.4. The van der Waals surface area contributed by atoms with E-state index >= 15 is 0 Å². The molecule has 1 atom stereocenters. The van der Waals surface area contributed by atoms with Crippen molar-refractivity contribution in [2.45, 2.75) is 45.7 Å². The summed E-state index contributed by atoms with van der Waals surface area (Å²) in [5.41, 5.74) is -0.670. The Hall–Kier alpha value is -1.79. The van der Waals surface area contributed by atoms with Gasteiger partial charge in [-0.3, -0.25) is 4.79 Å². The minimum atomic E-state index is -1.11. The van der Waals surface area contributed by atoms with Crippen LogP contribution in [0.1, 0.15) is 34.1 Å². The Balaban J connectivity index is 4.91. The number of nitrogens with zero attached hydrogens (tertiary/aromatic N) is 1. The minimum Gasteiger partial charge on any atom is -0.480 e. The molecule has 0 saturated heterocycles. The molecule has 0 aliphatic rings. The van der Waals surface area contributed by atoms with Crippen LogP contribution in [0.15, 0.2) is 0 Å². The van der Waals surface area contributed by atoms with Crippen LogP contribution in [0.25, 0.3) is 0 Å². The average molecular weight is 274 g/mol. The first-order valence-electron chi connectivity index (χ1n) is 6.01. The number of esters is 1. The highest BCUT2D eigenvalue weighted by Gasteiger charge is 2.31. The van der Waals surface area contributed by atoms with E-state index in [1.54, 1.807) is 27.7 Å². The number of hydrogen-bond donors (Lipinski definition) is 2. The summed E-state index contributed by atoms with van der Waals surface area (Å²) in [5.74, 6) is -1.67. The zero-order valence-corrected chi connectivity index (χ0v) is 12.0. The van der Waals surface area contributed by atoms with Crippen LogP contribution in [0, 0.1) is 0 Å². The molecule has 0 aliphatic heterocycles. The number of hydrogen-bond acceptors (Lipinski definition) is 4. The summed E-state index contributed by atoms with van der Waals surface area (Å²) in [6, 6.07) is -1.39. The van der Waals surface area contributed by atoms with Crippen LogP contribution in [0.3, 0.4) is 0 Å². The molecule has 0 aromatic heterocycles. The Kier molecular flexibility index (Phi) is 6.31. The van der Waals surface area contributed by atoms with Crippen LogP contribution in [-0.4, -0.2) is 53.2 Å². The van der Waals surface area contributed by atoms with Gasteiger partial charge in [0.05, 0.1) is 7.11 Å². The number of amides is 2. The van der Waals surface area contributed by atoms with Crippen LogP contribution in [-0.2, 0) is 14.3 Å². The summed E-state index contributed by atoms with van der Waals surface area (Å²) in [6.07, 6.45) is 0.365. The Morgan fingerprint density at radius 1 is 1.32 bits per heavy atom. The van der Waals surface area contributed by atoms with Gasteiger partial charge >= 0.3 is 18.0 Å². The van der Waals surface area contributed by atoms with Crippen molar-refractivity contribution in [2.75, 3.05) is 13.7 Å². The second-order valence-corrected chi connectivity index (χ2v) is 5.08. The summed E-state index contributed by atoms with van der Waals surface area (Å²) >= 11 is 0. The predicted molar refractivity (Wildman–Crippen MR) is 68.7 cm³/mol. The van der Waals surface area contributed by atoms with Crippen molar-refractivity contribution >= 4 is 18.0 Å². The number of aliphatic carboxylic acids is 1. The van der Waals surface area contributed by atoms with Crippen LogP contribution < -0.4 is 5.32 Å². The van der Waals surface area contributed by atoms with Gasteiger partial charge in [0.15, 0.2) is 0 Å². The molecule has 0 fully saturated rings. The van der Waals surface area contributed by atoms with E-state index in [4.69, 9.17) is 5.11 Å². The SMILES string of the molecule is CCC(NC(=O)N(CC(=O)O)C(C)(C)C)C(=O)OC. The molecule has 0 spiro atoms.